The number of carbonyl (C=O) groups excluding carboxylic acids is 2. The van der Waals surface area contributed by atoms with Gasteiger partial charge in [-0.15, -0.1) is 6.58 Å². The van der Waals surface area contributed by atoms with Crippen LogP contribution < -0.4 is 34.1 Å². The van der Waals surface area contributed by atoms with E-state index in [0.29, 0.717) is 21.5 Å². The monoisotopic (exact) mass is 624 g/mol. The summed E-state index contributed by atoms with van der Waals surface area (Å²) in [5.41, 5.74) is -5.67. The smallest absolute Gasteiger partial charge is 0.336 e. The molecule has 0 aliphatic rings. The second-order valence-electron chi connectivity index (χ2n) is 10.1. The lowest BCUT2D eigenvalue weighted by Gasteiger charge is -2.14. The largest absolute Gasteiger partial charge is 0.466 e. The molecular formula is C27H40N6O11. The van der Waals surface area contributed by atoms with Gasteiger partial charge in [0.2, 0.25) is 0 Å². The fraction of sp³-hybridized carbons (Fsp3) is 0.630. The molecule has 0 saturated heterocycles. The predicted octanol–water partition coefficient (Wildman–Crippen LogP) is -2.14. The van der Waals surface area contributed by atoms with Crippen LogP contribution in [0.25, 0.3) is 0 Å². The number of hydrogen-bond acceptors (Lipinski definition) is 11. The van der Waals surface area contributed by atoms with Crippen molar-refractivity contribution < 1.29 is 24.2 Å². The Morgan fingerprint density at radius 1 is 0.705 bits per heavy atom. The van der Waals surface area contributed by atoms with Gasteiger partial charge in [0.1, 0.15) is 6.61 Å². The predicted molar refractivity (Wildman–Crippen MR) is 157 cm³/mol. The third-order valence-corrected chi connectivity index (χ3v) is 6.53. The molecule has 0 aromatic carbocycles. The van der Waals surface area contributed by atoms with Crippen molar-refractivity contribution >= 4 is 11.9 Å². The van der Waals surface area contributed by atoms with Crippen molar-refractivity contribution in [2.45, 2.75) is 85.7 Å². The van der Waals surface area contributed by atoms with Crippen molar-refractivity contribution in [3.05, 3.63) is 75.6 Å². The summed E-state index contributed by atoms with van der Waals surface area (Å²) in [6.07, 6.45) is 1.71. The summed E-state index contributed by atoms with van der Waals surface area (Å²) in [6, 6.07) is 0. The lowest BCUT2D eigenvalue weighted by Crippen LogP contribution is -2.55. The number of hydrogen-bond donors (Lipinski definition) is 1. The fourth-order valence-corrected chi connectivity index (χ4v) is 4.33. The van der Waals surface area contributed by atoms with Gasteiger partial charge in [0.05, 0.1) is 45.7 Å². The molecule has 17 nitrogen and oxygen atoms in total. The van der Waals surface area contributed by atoms with E-state index in [0.717, 1.165) is 24.7 Å². The summed E-state index contributed by atoms with van der Waals surface area (Å²) in [5, 5.41) is 9.31. The Morgan fingerprint density at radius 3 is 1.59 bits per heavy atom. The Bertz CT molecular complexity index is 1690. The average Bonchev–Trinajstić information content (AvgIpc) is 2.96. The number of aliphatic hydroxyl groups is 1. The molecule has 0 spiro atoms. The van der Waals surface area contributed by atoms with Gasteiger partial charge in [-0.1, -0.05) is 19.9 Å². The zero-order valence-electron chi connectivity index (χ0n) is 25.3. The van der Waals surface area contributed by atoms with Crippen molar-refractivity contribution in [1.29, 1.82) is 0 Å². The Balaban J connectivity index is 2.22. The molecule has 2 aromatic heterocycles. The maximum atomic E-state index is 13.0. The van der Waals surface area contributed by atoms with Crippen molar-refractivity contribution in [1.82, 2.24) is 27.4 Å². The molecule has 0 saturated carbocycles. The number of ether oxygens (including phenoxy) is 2. The molecule has 2 heterocycles. The molecule has 0 bridgehead atoms. The minimum Gasteiger partial charge on any atom is -0.466 e. The van der Waals surface area contributed by atoms with Gasteiger partial charge in [-0.3, -0.25) is 9.59 Å². The van der Waals surface area contributed by atoms with Gasteiger partial charge in [0.25, 0.3) is 0 Å². The third kappa shape index (κ3) is 8.98. The van der Waals surface area contributed by atoms with Gasteiger partial charge in [0, 0.05) is 19.6 Å². The Labute approximate surface area is 250 Å². The van der Waals surface area contributed by atoms with Gasteiger partial charge < -0.3 is 14.6 Å². The van der Waals surface area contributed by atoms with E-state index in [4.69, 9.17) is 9.47 Å². The SMILES string of the molecule is C=CCn1c(=O)n(CCC(=O)OCC)c(=O)n(CCC(=O)OCCn2c(=O)n(CCO)c(=O)n(CCCC(C)C)c2=O)c1=O. The summed E-state index contributed by atoms with van der Waals surface area (Å²) in [4.78, 5) is 101. The molecule has 0 atom stereocenters. The summed E-state index contributed by atoms with van der Waals surface area (Å²) in [6.45, 7) is 6.45. The van der Waals surface area contributed by atoms with E-state index in [-0.39, 0.29) is 39.2 Å². The summed E-state index contributed by atoms with van der Waals surface area (Å²) in [5.74, 6) is -1.21. The van der Waals surface area contributed by atoms with Crippen LogP contribution in [0.1, 0.15) is 46.5 Å². The topological polar surface area (TPSA) is 205 Å². The molecule has 0 unspecified atom stereocenters. The maximum Gasteiger partial charge on any atom is 0.336 e. The molecule has 0 aliphatic carbocycles. The number of carbonyl (C=O) groups is 2. The Hall–Kier alpha value is -4.54. The molecule has 44 heavy (non-hydrogen) atoms. The third-order valence-electron chi connectivity index (χ3n) is 6.53. The Kier molecular flexibility index (Phi) is 13.7. The summed E-state index contributed by atoms with van der Waals surface area (Å²) < 4.78 is 14.4. The van der Waals surface area contributed by atoms with Gasteiger partial charge in [-0.25, -0.2) is 56.2 Å². The normalized spacial score (nSPS) is 11.1. The summed E-state index contributed by atoms with van der Waals surface area (Å²) >= 11 is 0. The van der Waals surface area contributed by atoms with Gasteiger partial charge in [-0.2, -0.15) is 0 Å². The molecule has 244 valence electrons. The van der Waals surface area contributed by atoms with E-state index in [9.17, 15) is 43.5 Å². The van der Waals surface area contributed by atoms with Crippen LogP contribution in [0.3, 0.4) is 0 Å². The molecule has 0 amide bonds. The number of rotatable bonds is 18. The van der Waals surface area contributed by atoms with Crippen molar-refractivity contribution in [2.75, 3.05) is 19.8 Å². The highest BCUT2D eigenvalue weighted by atomic mass is 16.5. The van der Waals surface area contributed by atoms with Crippen molar-refractivity contribution in [3.63, 3.8) is 0 Å². The molecule has 0 aliphatic heterocycles. The lowest BCUT2D eigenvalue weighted by molar-refractivity contribution is -0.144. The first-order valence-electron chi connectivity index (χ1n) is 14.3. The quantitative estimate of drug-likeness (QED) is 0.140. The second-order valence-corrected chi connectivity index (χ2v) is 10.1. The molecule has 1 N–H and O–H groups in total. The van der Waals surface area contributed by atoms with Crippen molar-refractivity contribution in [2.24, 2.45) is 5.92 Å². The fourth-order valence-electron chi connectivity index (χ4n) is 4.33. The zero-order valence-corrected chi connectivity index (χ0v) is 25.3. The molecule has 0 fully saturated rings. The number of esters is 2. The van der Waals surface area contributed by atoms with E-state index < -0.39 is 78.8 Å². The first kappa shape index (κ1) is 35.7. The van der Waals surface area contributed by atoms with Crippen LogP contribution in [0.15, 0.2) is 41.4 Å². The number of nitrogens with zero attached hydrogens (tertiary/aromatic N) is 6. The number of allylic oxidation sites excluding steroid dienone is 1. The van der Waals surface area contributed by atoms with Crippen LogP contribution in [0.2, 0.25) is 0 Å². The van der Waals surface area contributed by atoms with Crippen LogP contribution in [-0.2, 0) is 58.3 Å². The lowest BCUT2D eigenvalue weighted by atomic mass is 10.1. The van der Waals surface area contributed by atoms with Gasteiger partial charge in [0.15, 0.2) is 0 Å². The van der Waals surface area contributed by atoms with Crippen LogP contribution in [0.5, 0.6) is 0 Å². The summed E-state index contributed by atoms with van der Waals surface area (Å²) in [7, 11) is 0. The van der Waals surface area contributed by atoms with Gasteiger partial charge >= 0.3 is 46.1 Å². The highest BCUT2D eigenvalue weighted by Gasteiger charge is 2.19. The van der Waals surface area contributed by atoms with Gasteiger partial charge in [-0.05, 0) is 25.7 Å². The Morgan fingerprint density at radius 2 is 1.14 bits per heavy atom. The van der Waals surface area contributed by atoms with E-state index >= 15 is 0 Å². The van der Waals surface area contributed by atoms with Crippen LogP contribution in [0.4, 0.5) is 0 Å². The zero-order chi connectivity index (χ0) is 33.0. The molecule has 17 heteroatoms. The average molecular weight is 625 g/mol. The highest BCUT2D eigenvalue weighted by Crippen LogP contribution is 2.03. The minimum atomic E-state index is -1.03. The first-order chi connectivity index (χ1) is 20.9. The first-order valence-corrected chi connectivity index (χ1v) is 14.3. The maximum absolute atomic E-state index is 13.0. The van der Waals surface area contributed by atoms with Crippen LogP contribution in [-0.4, -0.2) is 64.3 Å². The standard InChI is InChI=1S/C27H40N6O11/c1-5-11-28-22(37)30(13-9-20(35)43-6-2)26(41)31(23(28)38)14-10-21(36)44-18-16-33-25(40)29(12-7-8-19(3)4)24(39)32(15-17-34)27(33)42/h5,19,34H,1,6-18H2,2-4H3. The van der Waals surface area contributed by atoms with E-state index in [1.807, 2.05) is 13.8 Å². The van der Waals surface area contributed by atoms with E-state index in [1.54, 1.807) is 6.92 Å². The second kappa shape index (κ2) is 16.9. The van der Waals surface area contributed by atoms with Crippen molar-refractivity contribution in [3.8, 4) is 0 Å². The molecule has 0 radical (unpaired) electrons. The number of aromatic nitrogens is 6. The minimum absolute atomic E-state index is 0.0570. The van der Waals surface area contributed by atoms with Crippen LogP contribution >= 0.6 is 0 Å². The van der Waals surface area contributed by atoms with E-state index in [2.05, 4.69) is 6.58 Å². The highest BCUT2D eigenvalue weighted by molar-refractivity contribution is 5.69. The number of aliphatic hydroxyl groups excluding tert-OH is 1. The molecular weight excluding hydrogens is 584 g/mol. The van der Waals surface area contributed by atoms with Crippen LogP contribution in [0, 0.1) is 5.92 Å². The van der Waals surface area contributed by atoms with E-state index in [1.165, 1.54) is 6.08 Å². The molecule has 2 rings (SSSR count). The molecule has 2 aromatic rings.